The van der Waals surface area contributed by atoms with Crippen LogP contribution in [0.15, 0.2) is 36.2 Å². The van der Waals surface area contributed by atoms with Crippen LogP contribution in [0.3, 0.4) is 0 Å². The van der Waals surface area contributed by atoms with Gasteiger partial charge < -0.3 is 24.6 Å². The van der Waals surface area contributed by atoms with E-state index in [1.165, 1.54) is 15.4 Å². The van der Waals surface area contributed by atoms with E-state index in [9.17, 15) is 9.59 Å². The second-order valence-electron chi connectivity index (χ2n) is 8.70. The van der Waals surface area contributed by atoms with Crippen molar-refractivity contribution in [2.75, 3.05) is 34.7 Å². The van der Waals surface area contributed by atoms with Crippen molar-refractivity contribution in [2.45, 2.75) is 31.8 Å². The van der Waals surface area contributed by atoms with Crippen LogP contribution in [-0.4, -0.2) is 67.8 Å². The molecule has 4 rings (SSSR count). The molecule has 2 amide bonds. The Morgan fingerprint density at radius 3 is 2.59 bits per heavy atom. The van der Waals surface area contributed by atoms with Gasteiger partial charge in [0, 0.05) is 69.9 Å². The fraction of sp³-hybridized carbons (Fsp3) is 0.458. The molecule has 1 saturated heterocycles. The van der Waals surface area contributed by atoms with E-state index >= 15 is 0 Å². The molecule has 1 aromatic heterocycles. The SMILES string of the molecule is CN(C)C(=O)Oc1ccnc2c(C3=C4NCCC(OC(=O)N(C)C)C4CCC3)cccc12. The number of amides is 2. The Kier molecular flexibility index (Phi) is 6.21. The summed E-state index contributed by atoms with van der Waals surface area (Å²) < 4.78 is 11.4. The summed E-state index contributed by atoms with van der Waals surface area (Å²) in [6, 6.07) is 7.67. The normalized spacial score (nSPS) is 20.2. The monoisotopic (exact) mass is 438 g/mol. The lowest BCUT2D eigenvalue weighted by Gasteiger charge is -2.39. The minimum Gasteiger partial charge on any atom is -0.445 e. The number of hydrogen-bond acceptors (Lipinski definition) is 6. The molecule has 0 spiro atoms. The van der Waals surface area contributed by atoms with E-state index in [4.69, 9.17) is 9.47 Å². The number of carbonyl (C=O) groups excluding carboxylic acids is 2. The Bertz CT molecular complexity index is 1060. The van der Waals surface area contributed by atoms with Gasteiger partial charge in [0.15, 0.2) is 0 Å². The minimum absolute atomic E-state index is 0.140. The van der Waals surface area contributed by atoms with E-state index in [2.05, 4.69) is 16.4 Å². The van der Waals surface area contributed by atoms with Gasteiger partial charge in [-0.05, 0) is 37.0 Å². The molecular weight excluding hydrogens is 408 g/mol. The first-order valence-electron chi connectivity index (χ1n) is 11.0. The summed E-state index contributed by atoms with van der Waals surface area (Å²) in [5.74, 6) is 0.629. The molecule has 1 fully saturated rings. The molecule has 1 aliphatic carbocycles. The average molecular weight is 439 g/mol. The maximum Gasteiger partial charge on any atom is 0.414 e. The largest absolute Gasteiger partial charge is 0.445 e. The summed E-state index contributed by atoms with van der Waals surface area (Å²) in [5, 5.41) is 4.38. The van der Waals surface area contributed by atoms with Crippen molar-refractivity contribution in [3.63, 3.8) is 0 Å². The van der Waals surface area contributed by atoms with Gasteiger partial charge in [0.2, 0.25) is 0 Å². The highest BCUT2D eigenvalue weighted by molar-refractivity contribution is 5.96. The molecule has 2 aliphatic rings. The summed E-state index contributed by atoms with van der Waals surface area (Å²) >= 11 is 0. The highest BCUT2D eigenvalue weighted by Crippen LogP contribution is 2.42. The predicted octanol–water partition coefficient (Wildman–Crippen LogP) is 3.87. The maximum atomic E-state index is 12.2. The minimum atomic E-state index is -0.429. The number of pyridine rings is 1. The van der Waals surface area contributed by atoms with Gasteiger partial charge in [0.1, 0.15) is 11.9 Å². The zero-order valence-corrected chi connectivity index (χ0v) is 19.1. The Balaban J connectivity index is 1.74. The van der Waals surface area contributed by atoms with Crippen molar-refractivity contribution in [2.24, 2.45) is 5.92 Å². The third kappa shape index (κ3) is 4.22. The molecule has 2 aromatic rings. The van der Waals surface area contributed by atoms with E-state index in [0.29, 0.717) is 5.75 Å². The van der Waals surface area contributed by atoms with E-state index in [0.717, 1.165) is 54.4 Å². The Labute approximate surface area is 188 Å². The summed E-state index contributed by atoms with van der Waals surface area (Å²) in [7, 11) is 6.71. The number of fused-ring (bicyclic) bond motifs is 2. The fourth-order valence-corrected chi connectivity index (χ4v) is 4.49. The average Bonchev–Trinajstić information content (AvgIpc) is 2.78. The van der Waals surface area contributed by atoms with Crippen molar-refractivity contribution in [1.82, 2.24) is 20.1 Å². The second kappa shape index (κ2) is 9.06. The molecule has 170 valence electrons. The molecule has 1 aromatic carbocycles. The van der Waals surface area contributed by atoms with Crippen molar-refractivity contribution in [3.05, 3.63) is 41.7 Å². The summed E-state index contributed by atoms with van der Waals surface area (Å²) in [4.78, 5) is 31.8. The smallest absolute Gasteiger partial charge is 0.414 e. The van der Waals surface area contributed by atoms with Gasteiger partial charge in [-0.1, -0.05) is 12.1 Å². The quantitative estimate of drug-likeness (QED) is 0.783. The number of para-hydroxylation sites is 1. The molecule has 8 nitrogen and oxygen atoms in total. The molecule has 2 unspecified atom stereocenters. The van der Waals surface area contributed by atoms with Gasteiger partial charge in [0.05, 0.1) is 5.52 Å². The van der Waals surface area contributed by atoms with Crippen molar-refractivity contribution >= 4 is 28.7 Å². The van der Waals surface area contributed by atoms with Crippen molar-refractivity contribution < 1.29 is 19.1 Å². The van der Waals surface area contributed by atoms with Crippen molar-refractivity contribution in [1.29, 1.82) is 0 Å². The first-order valence-corrected chi connectivity index (χ1v) is 11.0. The molecule has 32 heavy (non-hydrogen) atoms. The third-order valence-electron chi connectivity index (χ3n) is 6.07. The van der Waals surface area contributed by atoms with Gasteiger partial charge in [-0.3, -0.25) is 4.98 Å². The van der Waals surface area contributed by atoms with Crippen LogP contribution in [0.25, 0.3) is 16.5 Å². The molecule has 1 aliphatic heterocycles. The number of rotatable bonds is 3. The van der Waals surface area contributed by atoms with E-state index in [1.807, 2.05) is 12.1 Å². The topological polar surface area (TPSA) is 84.0 Å². The zero-order chi connectivity index (χ0) is 22.8. The molecule has 0 radical (unpaired) electrons. The Hall–Kier alpha value is -3.29. The summed E-state index contributed by atoms with van der Waals surface area (Å²) in [6.07, 6.45) is 4.48. The van der Waals surface area contributed by atoms with E-state index in [-0.39, 0.29) is 18.1 Å². The van der Waals surface area contributed by atoms with Crippen LogP contribution in [0.2, 0.25) is 0 Å². The van der Waals surface area contributed by atoms with E-state index in [1.54, 1.807) is 40.5 Å². The van der Waals surface area contributed by atoms with Crippen LogP contribution < -0.4 is 10.1 Å². The number of ether oxygens (including phenoxy) is 2. The second-order valence-corrected chi connectivity index (χ2v) is 8.70. The van der Waals surface area contributed by atoms with Crippen LogP contribution in [0.5, 0.6) is 5.75 Å². The predicted molar refractivity (Wildman–Crippen MR) is 122 cm³/mol. The molecule has 8 heteroatoms. The molecule has 0 saturated carbocycles. The molecule has 1 N–H and O–H groups in total. The van der Waals surface area contributed by atoms with Gasteiger partial charge in [0.25, 0.3) is 0 Å². The number of benzene rings is 1. The third-order valence-corrected chi connectivity index (χ3v) is 6.07. The summed E-state index contributed by atoms with van der Waals surface area (Å²) in [6.45, 7) is 0.755. The van der Waals surface area contributed by atoms with Crippen LogP contribution in [-0.2, 0) is 4.74 Å². The Morgan fingerprint density at radius 2 is 1.84 bits per heavy atom. The standard InChI is InChI=1S/C24H30N4O4/c1-27(2)23(29)31-19-11-13-25-21-15(7-5-9-17(19)21)16-8-6-10-18-20(12-14-26-22(16)18)32-24(30)28(3)4/h5,7,9,11,13,18,20,26H,6,8,10,12,14H2,1-4H3. The zero-order valence-electron chi connectivity index (χ0n) is 19.1. The maximum absolute atomic E-state index is 12.2. The number of nitrogens with zero attached hydrogens (tertiary/aromatic N) is 3. The first kappa shape index (κ1) is 21.9. The van der Waals surface area contributed by atoms with Gasteiger partial charge in [-0.15, -0.1) is 0 Å². The number of piperidine rings is 1. The van der Waals surface area contributed by atoms with Crippen molar-refractivity contribution in [3.8, 4) is 5.75 Å². The first-order chi connectivity index (χ1) is 15.4. The highest BCUT2D eigenvalue weighted by Gasteiger charge is 2.36. The number of nitrogens with one attached hydrogen (secondary N) is 1. The van der Waals surface area contributed by atoms with Crippen LogP contribution >= 0.6 is 0 Å². The number of aromatic nitrogens is 1. The van der Waals surface area contributed by atoms with Gasteiger partial charge >= 0.3 is 12.2 Å². The number of hydrogen-bond donors (Lipinski definition) is 1. The van der Waals surface area contributed by atoms with Gasteiger partial charge in [-0.25, -0.2) is 9.59 Å². The van der Waals surface area contributed by atoms with Crippen LogP contribution in [0.4, 0.5) is 9.59 Å². The number of allylic oxidation sites excluding steroid dienone is 1. The van der Waals surface area contributed by atoms with Gasteiger partial charge in [-0.2, -0.15) is 0 Å². The molecule has 0 bridgehead atoms. The van der Waals surface area contributed by atoms with E-state index < -0.39 is 6.09 Å². The lowest BCUT2D eigenvalue weighted by molar-refractivity contribution is 0.0347. The van der Waals surface area contributed by atoms with Crippen LogP contribution in [0, 0.1) is 5.92 Å². The Morgan fingerprint density at radius 1 is 1.06 bits per heavy atom. The number of carbonyl (C=O) groups is 2. The molecule has 2 heterocycles. The highest BCUT2D eigenvalue weighted by atomic mass is 16.6. The fourth-order valence-electron chi connectivity index (χ4n) is 4.49. The summed E-state index contributed by atoms with van der Waals surface area (Å²) in [5.41, 5.74) is 4.16. The lowest BCUT2D eigenvalue weighted by Crippen LogP contribution is -2.43. The lowest BCUT2D eigenvalue weighted by atomic mass is 9.78. The molecular formula is C24H30N4O4. The van der Waals surface area contributed by atoms with Crippen LogP contribution in [0.1, 0.15) is 31.2 Å². The molecule has 2 atom stereocenters.